The number of carbonyl (C=O) groups is 3. The fourth-order valence-electron chi connectivity index (χ4n) is 6.24. The molecule has 0 saturated heterocycles. The van der Waals surface area contributed by atoms with Crippen molar-refractivity contribution in [1.29, 1.82) is 0 Å². The number of nitrogens with two attached hydrogens (primary N) is 1. The minimum atomic E-state index is -4.71. The minimum absolute atomic E-state index is 0.145. The molecule has 0 bridgehead atoms. The number of unbranched alkanes of at least 4 members (excludes halogenated alkanes) is 26. The number of carboxylic acids is 1. The summed E-state index contributed by atoms with van der Waals surface area (Å²) in [5, 5.41) is 8.88. The molecule has 0 fully saturated rings. The van der Waals surface area contributed by atoms with Crippen LogP contribution in [0.15, 0.2) is 12.2 Å². The predicted molar refractivity (Wildman–Crippen MR) is 222 cm³/mol. The molecule has 4 N–H and O–H groups in total. The number of phosphoric ester groups is 1. The molecule has 0 aliphatic rings. The van der Waals surface area contributed by atoms with Crippen LogP contribution in [0, 0.1) is 0 Å². The highest BCUT2D eigenvalue weighted by Gasteiger charge is 2.28. The molecule has 0 aliphatic heterocycles. The number of ether oxygens (including phenoxy) is 2. The van der Waals surface area contributed by atoms with Gasteiger partial charge in [0.2, 0.25) is 0 Å². The molecule has 0 rings (SSSR count). The average Bonchev–Trinajstić information content (AvgIpc) is 3.16. The van der Waals surface area contributed by atoms with Crippen LogP contribution in [0.2, 0.25) is 0 Å². The maximum Gasteiger partial charge on any atom is 0.472 e. The first-order chi connectivity index (χ1) is 26.6. The maximum absolute atomic E-state index is 12.6. The van der Waals surface area contributed by atoms with Crippen LogP contribution >= 0.6 is 7.82 Å². The Labute approximate surface area is 335 Å². The van der Waals surface area contributed by atoms with Crippen LogP contribution in [0.4, 0.5) is 0 Å². The van der Waals surface area contributed by atoms with Crippen molar-refractivity contribution in [2.75, 3.05) is 19.8 Å². The number of carbonyl (C=O) groups excluding carboxylic acids is 2. The van der Waals surface area contributed by atoms with Crippen molar-refractivity contribution in [3.05, 3.63) is 12.2 Å². The molecule has 0 heterocycles. The average molecular weight is 804 g/mol. The molecule has 55 heavy (non-hydrogen) atoms. The van der Waals surface area contributed by atoms with Crippen molar-refractivity contribution in [2.24, 2.45) is 5.73 Å². The van der Waals surface area contributed by atoms with Gasteiger partial charge in [-0.2, -0.15) is 0 Å². The van der Waals surface area contributed by atoms with Gasteiger partial charge in [0.1, 0.15) is 12.6 Å². The van der Waals surface area contributed by atoms with Crippen LogP contribution in [-0.4, -0.2) is 59.9 Å². The van der Waals surface area contributed by atoms with Gasteiger partial charge < -0.3 is 25.2 Å². The van der Waals surface area contributed by atoms with E-state index in [2.05, 4.69) is 30.5 Å². The number of hydrogen-bond donors (Lipinski definition) is 3. The van der Waals surface area contributed by atoms with E-state index in [1.54, 1.807) is 0 Å². The van der Waals surface area contributed by atoms with E-state index in [1.807, 2.05) is 0 Å². The van der Waals surface area contributed by atoms with Crippen molar-refractivity contribution in [1.82, 2.24) is 0 Å². The van der Waals surface area contributed by atoms with E-state index in [0.717, 1.165) is 44.9 Å². The first-order valence-corrected chi connectivity index (χ1v) is 23.7. The minimum Gasteiger partial charge on any atom is -0.480 e. The van der Waals surface area contributed by atoms with E-state index in [0.29, 0.717) is 12.8 Å². The quantitative estimate of drug-likeness (QED) is 0.0232. The molecule has 0 spiro atoms. The predicted octanol–water partition coefficient (Wildman–Crippen LogP) is 11.7. The third-order valence-electron chi connectivity index (χ3n) is 9.76. The first-order valence-electron chi connectivity index (χ1n) is 22.2. The zero-order valence-corrected chi connectivity index (χ0v) is 35.9. The Hall–Kier alpha value is -1.78. The molecular formula is C43H82NO10P. The number of carboxylic acid groups (broad SMARTS) is 1. The standard InChI is InChI=1S/C43H82NO10P/c1-3-5-7-9-11-13-15-17-18-19-20-21-23-24-26-28-30-32-34-41(45)51-36-39(37-52-55(49,50)53-38-40(44)43(47)48)54-42(46)35-33-31-29-27-25-22-16-14-12-10-8-6-4-2/h22,25,39-40H,3-21,23-24,26-38,44H2,1-2H3,(H,47,48)(H,49,50)/b25-22+/t39-,40+/m0/s1. The second kappa shape index (κ2) is 39.1. The van der Waals surface area contributed by atoms with Crippen LogP contribution in [0.25, 0.3) is 0 Å². The molecule has 0 aromatic carbocycles. The number of phosphoric acid groups is 1. The molecule has 324 valence electrons. The van der Waals surface area contributed by atoms with Crippen molar-refractivity contribution < 1.29 is 47.5 Å². The van der Waals surface area contributed by atoms with Gasteiger partial charge in [-0.25, -0.2) is 4.57 Å². The summed E-state index contributed by atoms with van der Waals surface area (Å²) in [6, 6.07) is -1.52. The fraction of sp³-hybridized carbons (Fsp3) is 0.884. The molecule has 0 saturated carbocycles. The number of allylic oxidation sites excluding steroid dienone is 2. The number of hydrogen-bond acceptors (Lipinski definition) is 9. The van der Waals surface area contributed by atoms with Crippen LogP contribution in [0.3, 0.4) is 0 Å². The lowest BCUT2D eigenvalue weighted by Crippen LogP contribution is -2.34. The summed E-state index contributed by atoms with van der Waals surface area (Å²) >= 11 is 0. The summed E-state index contributed by atoms with van der Waals surface area (Å²) < 4.78 is 32.7. The summed E-state index contributed by atoms with van der Waals surface area (Å²) in [4.78, 5) is 45.9. The Morgan fingerprint density at radius 2 is 0.909 bits per heavy atom. The lowest BCUT2D eigenvalue weighted by atomic mass is 10.0. The largest absolute Gasteiger partial charge is 0.480 e. The van der Waals surface area contributed by atoms with Gasteiger partial charge in [0, 0.05) is 12.8 Å². The van der Waals surface area contributed by atoms with Crippen molar-refractivity contribution in [3.63, 3.8) is 0 Å². The summed E-state index contributed by atoms with van der Waals surface area (Å²) in [6.07, 6.45) is 38.5. The summed E-state index contributed by atoms with van der Waals surface area (Å²) in [5.41, 5.74) is 5.33. The molecule has 0 aliphatic carbocycles. The highest BCUT2D eigenvalue weighted by molar-refractivity contribution is 7.47. The lowest BCUT2D eigenvalue weighted by molar-refractivity contribution is -0.161. The van der Waals surface area contributed by atoms with E-state index >= 15 is 0 Å². The molecule has 0 aromatic rings. The second-order valence-electron chi connectivity index (χ2n) is 15.2. The van der Waals surface area contributed by atoms with Gasteiger partial charge in [-0.05, 0) is 38.5 Å². The van der Waals surface area contributed by atoms with Gasteiger partial charge >= 0.3 is 25.7 Å². The summed E-state index contributed by atoms with van der Waals surface area (Å²) in [5.74, 6) is -2.39. The SMILES string of the molecule is CCCCCCCC/C=C/CCCCCC(=O)O[C@@H](COC(=O)CCCCCCCCCCCCCCCCCCCC)COP(=O)(O)OC[C@@H](N)C(=O)O. The molecule has 3 atom stereocenters. The van der Waals surface area contributed by atoms with Crippen molar-refractivity contribution in [2.45, 2.75) is 225 Å². The Bertz CT molecular complexity index is 995. The number of esters is 2. The Balaban J connectivity index is 4.30. The van der Waals surface area contributed by atoms with Crippen LogP contribution in [-0.2, 0) is 37.5 Å². The Morgan fingerprint density at radius 3 is 1.35 bits per heavy atom. The molecule has 11 nitrogen and oxygen atoms in total. The first kappa shape index (κ1) is 53.2. The monoisotopic (exact) mass is 804 g/mol. The van der Waals surface area contributed by atoms with Gasteiger partial charge in [0.05, 0.1) is 13.2 Å². The van der Waals surface area contributed by atoms with Gasteiger partial charge in [0.15, 0.2) is 6.10 Å². The van der Waals surface area contributed by atoms with Gasteiger partial charge in [-0.3, -0.25) is 23.4 Å². The molecule has 0 amide bonds. The normalized spacial score (nSPS) is 13.8. The van der Waals surface area contributed by atoms with E-state index in [-0.39, 0.29) is 19.4 Å². The molecule has 0 aromatic heterocycles. The molecule has 0 radical (unpaired) electrons. The number of aliphatic carboxylic acids is 1. The van der Waals surface area contributed by atoms with E-state index in [4.69, 9.17) is 24.8 Å². The molecule has 1 unspecified atom stereocenters. The third-order valence-corrected chi connectivity index (χ3v) is 10.7. The second-order valence-corrected chi connectivity index (χ2v) is 16.6. The van der Waals surface area contributed by atoms with Crippen LogP contribution < -0.4 is 5.73 Å². The zero-order chi connectivity index (χ0) is 40.7. The van der Waals surface area contributed by atoms with E-state index in [1.165, 1.54) is 128 Å². The van der Waals surface area contributed by atoms with E-state index in [9.17, 15) is 23.8 Å². The molecular weight excluding hydrogens is 721 g/mol. The third kappa shape index (κ3) is 38.9. The Morgan fingerprint density at radius 1 is 0.545 bits per heavy atom. The van der Waals surface area contributed by atoms with Crippen LogP contribution in [0.1, 0.15) is 213 Å². The van der Waals surface area contributed by atoms with Gasteiger partial charge in [-0.1, -0.05) is 174 Å². The highest BCUT2D eigenvalue weighted by Crippen LogP contribution is 2.43. The smallest absolute Gasteiger partial charge is 0.472 e. The zero-order valence-electron chi connectivity index (χ0n) is 35.0. The van der Waals surface area contributed by atoms with Crippen LogP contribution in [0.5, 0.6) is 0 Å². The van der Waals surface area contributed by atoms with Gasteiger partial charge in [-0.15, -0.1) is 0 Å². The van der Waals surface area contributed by atoms with E-state index < -0.39 is 51.1 Å². The fourth-order valence-corrected chi connectivity index (χ4v) is 7.02. The van der Waals surface area contributed by atoms with Crippen molar-refractivity contribution in [3.8, 4) is 0 Å². The number of rotatable bonds is 42. The molecule has 12 heteroatoms. The maximum atomic E-state index is 12.6. The highest BCUT2D eigenvalue weighted by atomic mass is 31.2. The van der Waals surface area contributed by atoms with Crippen molar-refractivity contribution >= 4 is 25.7 Å². The Kier molecular flexibility index (Phi) is 37.8. The van der Waals surface area contributed by atoms with Gasteiger partial charge in [0.25, 0.3) is 0 Å². The lowest BCUT2D eigenvalue weighted by Gasteiger charge is -2.20. The summed E-state index contributed by atoms with van der Waals surface area (Å²) in [6.45, 7) is 2.80. The topological polar surface area (TPSA) is 172 Å². The summed E-state index contributed by atoms with van der Waals surface area (Å²) in [7, 11) is -4.71.